The lowest BCUT2D eigenvalue weighted by Gasteiger charge is -2.24. The SMILES string of the molecule is CC(=O)N1CCc2cc(NC(=O)C3Cc4ccccc4C(=O)O3)ccc21. The molecule has 0 saturated heterocycles. The van der Waals surface area contributed by atoms with Crippen molar-refractivity contribution < 1.29 is 19.1 Å². The first-order valence-corrected chi connectivity index (χ1v) is 8.54. The second-order valence-electron chi connectivity index (χ2n) is 6.51. The highest BCUT2D eigenvalue weighted by Crippen LogP contribution is 2.31. The summed E-state index contributed by atoms with van der Waals surface area (Å²) in [7, 11) is 0. The maximum Gasteiger partial charge on any atom is 0.339 e. The number of benzene rings is 2. The molecule has 132 valence electrons. The third-order valence-corrected chi connectivity index (χ3v) is 4.81. The van der Waals surface area contributed by atoms with E-state index >= 15 is 0 Å². The highest BCUT2D eigenvalue weighted by atomic mass is 16.5. The molecule has 2 aliphatic rings. The smallest absolute Gasteiger partial charge is 0.339 e. The van der Waals surface area contributed by atoms with E-state index in [1.165, 1.54) is 0 Å². The number of carbonyl (C=O) groups is 3. The van der Waals surface area contributed by atoms with E-state index in [4.69, 9.17) is 4.74 Å². The molecule has 2 aromatic rings. The maximum atomic E-state index is 12.5. The first-order chi connectivity index (χ1) is 12.5. The summed E-state index contributed by atoms with van der Waals surface area (Å²) in [4.78, 5) is 37.9. The molecule has 2 heterocycles. The predicted molar refractivity (Wildman–Crippen MR) is 96.2 cm³/mol. The summed E-state index contributed by atoms with van der Waals surface area (Å²) in [6.07, 6.45) is 0.265. The van der Waals surface area contributed by atoms with Crippen LogP contribution in [0.4, 0.5) is 11.4 Å². The Hall–Kier alpha value is -3.15. The molecule has 0 fully saturated rings. The van der Waals surface area contributed by atoms with Gasteiger partial charge in [0.2, 0.25) is 5.91 Å². The molecule has 0 radical (unpaired) electrons. The van der Waals surface area contributed by atoms with Gasteiger partial charge in [-0.25, -0.2) is 4.79 Å². The number of hydrogen-bond acceptors (Lipinski definition) is 4. The second kappa shape index (κ2) is 6.29. The number of ether oxygens (including phenoxy) is 1. The Morgan fingerprint density at radius 2 is 1.96 bits per heavy atom. The number of cyclic esters (lactones) is 1. The summed E-state index contributed by atoms with van der Waals surface area (Å²) in [5.41, 5.74) is 3.86. The highest BCUT2D eigenvalue weighted by Gasteiger charge is 2.31. The highest BCUT2D eigenvalue weighted by molar-refractivity contribution is 6.00. The number of amides is 2. The zero-order valence-corrected chi connectivity index (χ0v) is 14.3. The van der Waals surface area contributed by atoms with Gasteiger partial charge in [0.25, 0.3) is 5.91 Å². The van der Waals surface area contributed by atoms with Crippen LogP contribution in [0.5, 0.6) is 0 Å². The minimum Gasteiger partial charge on any atom is -0.448 e. The first-order valence-electron chi connectivity index (χ1n) is 8.54. The van der Waals surface area contributed by atoms with Crippen molar-refractivity contribution in [1.82, 2.24) is 0 Å². The zero-order chi connectivity index (χ0) is 18.3. The summed E-state index contributed by atoms with van der Waals surface area (Å²) in [6, 6.07) is 12.6. The van der Waals surface area contributed by atoms with Crippen LogP contribution >= 0.6 is 0 Å². The van der Waals surface area contributed by atoms with E-state index in [0.29, 0.717) is 24.2 Å². The topological polar surface area (TPSA) is 75.7 Å². The van der Waals surface area contributed by atoms with Crippen LogP contribution in [0.1, 0.15) is 28.4 Å². The molecule has 2 amide bonds. The van der Waals surface area contributed by atoms with Crippen molar-refractivity contribution in [3.05, 3.63) is 59.2 Å². The van der Waals surface area contributed by atoms with Gasteiger partial charge in [0.1, 0.15) is 0 Å². The lowest BCUT2D eigenvalue weighted by molar-refractivity contribution is -0.125. The standard InChI is InChI=1S/C20H18N2O4/c1-12(23)22-9-8-14-10-15(6-7-17(14)22)21-19(24)18-11-13-4-2-3-5-16(13)20(25)26-18/h2-7,10,18H,8-9,11H2,1H3,(H,21,24). The van der Waals surface area contributed by atoms with Crippen LogP contribution in [0.25, 0.3) is 0 Å². The van der Waals surface area contributed by atoms with E-state index in [1.807, 2.05) is 24.3 Å². The summed E-state index contributed by atoms with van der Waals surface area (Å²) in [5.74, 6) is -0.819. The number of nitrogens with zero attached hydrogens (tertiary/aromatic N) is 1. The van der Waals surface area contributed by atoms with Gasteiger partial charge in [0.15, 0.2) is 6.10 Å². The predicted octanol–water partition coefficient (Wildman–Crippen LogP) is 2.32. The molecular weight excluding hydrogens is 332 g/mol. The van der Waals surface area contributed by atoms with Gasteiger partial charge in [-0.1, -0.05) is 18.2 Å². The molecule has 1 N–H and O–H groups in total. The molecule has 0 aliphatic carbocycles. The molecular formula is C20H18N2O4. The first kappa shape index (κ1) is 16.3. The van der Waals surface area contributed by atoms with Gasteiger partial charge < -0.3 is 15.0 Å². The molecule has 0 bridgehead atoms. The summed E-state index contributed by atoms with van der Waals surface area (Å²) < 4.78 is 5.28. The molecule has 1 unspecified atom stereocenters. The van der Waals surface area contributed by atoms with E-state index in [-0.39, 0.29) is 11.8 Å². The minimum absolute atomic E-state index is 0.00770. The van der Waals surface area contributed by atoms with Crippen LogP contribution < -0.4 is 10.2 Å². The van der Waals surface area contributed by atoms with Crippen molar-refractivity contribution in [1.29, 1.82) is 0 Å². The molecule has 6 nitrogen and oxygen atoms in total. The minimum atomic E-state index is -0.848. The van der Waals surface area contributed by atoms with E-state index in [1.54, 1.807) is 30.0 Å². The van der Waals surface area contributed by atoms with Crippen molar-refractivity contribution in [3.8, 4) is 0 Å². The quantitative estimate of drug-likeness (QED) is 0.844. The molecule has 0 spiro atoms. The molecule has 6 heteroatoms. The largest absolute Gasteiger partial charge is 0.448 e. The molecule has 4 rings (SSSR count). The van der Waals surface area contributed by atoms with Gasteiger partial charge in [-0.2, -0.15) is 0 Å². The number of rotatable bonds is 2. The van der Waals surface area contributed by atoms with Crippen LogP contribution in [0.3, 0.4) is 0 Å². The molecule has 1 atom stereocenters. The van der Waals surface area contributed by atoms with Crippen molar-refractivity contribution in [3.63, 3.8) is 0 Å². The van der Waals surface area contributed by atoms with Crippen LogP contribution in [0.15, 0.2) is 42.5 Å². The summed E-state index contributed by atoms with van der Waals surface area (Å²) in [5, 5.41) is 2.82. The van der Waals surface area contributed by atoms with Gasteiger partial charge in [0.05, 0.1) is 5.56 Å². The van der Waals surface area contributed by atoms with Crippen LogP contribution in [0, 0.1) is 0 Å². The van der Waals surface area contributed by atoms with Crippen molar-refractivity contribution in [2.45, 2.75) is 25.9 Å². The van der Waals surface area contributed by atoms with Gasteiger partial charge in [-0.05, 0) is 41.8 Å². The Morgan fingerprint density at radius 1 is 1.15 bits per heavy atom. The lowest BCUT2D eigenvalue weighted by Crippen LogP contribution is -2.37. The number of nitrogens with one attached hydrogen (secondary N) is 1. The Bertz CT molecular complexity index is 922. The third-order valence-electron chi connectivity index (χ3n) is 4.81. The van der Waals surface area contributed by atoms with E-state index in [2.05, 4.69) is 5.32 Å². The van der Waals surface area contributed by atoms with Gasteiger partial charge in [-0.15, -0.1) is 0 Å². The fourth-order valence-corrected chi connectivity index (χ4v) is 3.51. The molecule has 0 saturated carbocycles. The molecule has 2 aromatic carbocycles. The average molecular weight is 350 g/mol. The Kier molecular flexibility index (Phi) is 3.95. The van der Waals surface area contributed by atoms with Crippen LogP contribution in [-0.4, -0.2) is 30.4 Å². The number of hydrogen-bond donors (Lipinski definition) is 1. The van der Waals surface area contributed by atoms with Crippen molar-refractivity contribution >= 4 is 29.2 Å². The lowest BCUT2D eigenvalue weighted by atomic mass is 9.98. The average Bonchev–Trinajstić information content (AvgIpc) is 3.05. The normalized spacial score (nSPS) is 18.0. The van der Waals surface area contributed by atoms with Crippen molar-refractivity contribution in [2.24, 2.45) is 0 Å². The Morgan fingerprint density at radius 3 is 2.77 bits per heavy atom. The van der Waals surface area contributed by atoms with Gasteiger partial charge >= 0.3 is 5.97 Å². The summed E-state index contributed by atoms with van der Waals surface area (Å²) >= 11 is 0. The van der Waals surface area contributed by atoms with Crippen LogP contribution in [-0.2, 0) is 27.2 Å². The Labute approximate surface area is 150 Å². The third kappa shape index (κ3) is 2.83. The number of carbonyl (C=O) groups excluding carboxylic acids is 3. The van der Waals surface area contributed by atoms with Crippen LogP contribution in [0.2, 0.25) is 0 Å². The van der Waals surface area contributed by atoms with Gasteiger partial charge in [-0.3, -0.25) is 9.59 Å². The number of fused-ring (bicyclic) bond motifs is 2. The summed E-state index contributed by atoms with van der Waals surface area (Å²) in [6.45, 7) is 2.19. The Balaban J connectivity index is 1.50. The van der Waals surface area contributed by atoms with Crippen molar-refractivity contribution in [2.75, 3.05) is 16.8 Å². The number of anilines is 2. The number of esters is 1. The monoisotopic (exact) mass is 350 g/mol. The van der Waals surface area contributed by atoms with E-state index in [0.717, 1.165) is 23.2 Å². The second-order valence-corrected chi connectivity index (χ2v) is 6.51. The molecule has 26 heavy (non-hydrogen) atoms. The maximum absolute atomic E-state index is 12.5. The van der Waals surface area contributed by atoms with E-state index in [9.17, 15) is 14.4 Å². The molecule has 2 aliphatic heterocycles. The van der Waals surface area contributed by atoms with Gasteiger partial charge in [0, 0.05) is 31.3 Å². The fraction of sp³-hybridized carbons (Fsp3) is 0.250. The zero-order valence-electron chi connectivity index (χ0n) is 14.3. The fourth-order valence-electron chi connectivity index (χ4n) is 3.51. The van der Waals surface area contributed by atoms with E-state index < -0.39 is 12.1 Å². The molecule has 0 aromatic heterocycles.